The van der Waals surface area contributed by atoms with E-state index in [1.54, 1.807) is 30.3 Å². The highest BCUT2D eigenvalue weighted by molar-refractivity contribution is 9.10. The Balaban J connectivity index is 2.10. The van der Waals surface area contributed by atoms with E-state index in [2.05, 4.69) is 21.2 Å². The van der Waals surface area contributed by atoms with E-state index in [0.29, 0.717) is 20.1 Å². The SMILES string of the molecule is CC(NC(=O)c1ccc(Cl)c(Br)c1)c1ccc(Cl)cc1. The number of carbonyl (C=O) groups excluding carboxylic acids is 1. The van der Waals surface area contributed by atoms with Gasteiger partial charge in [0.05, 0.1) is 11.1 Å². The zero-order valence-electron chi connectivity index (χ0n) is 10.7. The first-order valence-electron chi connectivity index (χ1n) is 5.99. The van der Waals surface area contributed by atoms with E-state index < -0.39 is 0 Å². The number of rotatable bonds is 3. The molecule has 2 aromatic carbocycles. The minimum absolute atomic E-state index is 0.103. The fraction of sp³-hybridized carbons (Fsp3) is 0.133. The van der Waals surface area contributed by atoms with Crippen LogP contribution in [0.25, 0.3) is 0 Å². The first kappa shape index (κ1) is 15.4. The Kier molecular flexibility index (Phi) is 5.08. The van der Waals surface area contributed by atoms with Gasteiger partial charge in [-0.05, 0) is 58.7 Å². The third kappa shape index (κ3) is 3.75. The van der Waals surface area contributed by atoms with Gasteiger partial charge in [0.15, 0.2) is 0 Å². The maximum Gasteiger partial charge on any atom is 0.251 e. The Morgan fingerprint density at radius 2 is 1.80 bits per heavy atom. The first-order valence-corrected chi connectivity index (χ1v) is 7.53. The summed E-state index contributed by atoms with van der Waals surface area (Å²) < 4.78 is 0.700. The maximum absolute atomic E-state index is 12.2. The molecular formula is C15H12BrCl2NO. The molecule has 0 aromatic heterocycles. The average molecular weight is 373 g/mol. The molecule has 1 unspecified atom stereocenters. The van der Waals surface area contributed by atoms with Gasteiger partial charge in [0.25, 0.3) is 5.91 Å². The van der Waals surface area contributed by atoms with Gasteiger partial charge in [0.2, 0.25) is 0 Å². The Bertz CT molecular complexity index is 628. The number of nitrogens with one attached hydrogen (secondary N) is 1. The largest absolute Gasteiger partial charge is 0.346 e. The van der Waals surface area contributed by atoms with E-state index in [0.717, 1.165) is 5.56 Å². The van der Waals surface area contributed by atoms with Gasteiger partial charge >= 0.3 is 0 Å². The van der Waals surface area contributed by atoms with Gasteiger partial charge in [-0.3, -0.25) is 4.79 Å². The van der Waals surface area contributed by atoms with Crippen molar-refractivity contribution in [3.05, 3.63) is 68.1 Å². The van der Waals surface area contributed by atoms with Crippen LogP contribution in [0.4, 0.5) is 0 Å². The van der Waals surface area contributed by atoms with Crippen molar-refractivity contribution in [2.24, 2.45) is 0 Å². The van der Waals surface area contributed by atoms with E-state index in [-0.39, 0.29) is 11.9 Å². The Morgan fingerprint density at radius 1 is 1.15 bits per heavy atom. The van der Waals surface area contributed by atoms with E-state index in [9.17, 15) is 4.79 Å². The lowest BCUT2D eigenvalue weighted by atomic mass is 10.1. The van der Waals surface area contributed by atoms with Crippen molar-refractivity contribution in [2.75, 3.05) is 0 Å². The molecule has 0 aliphatic heterocycles. The lowest BCUT2D eigenvalue weighted by Crippen LogP contribution is -2.26. The molecule has 2 aromatic rings. The topological polar surface area (TPSA) is 29.1 Å². The van der Waals surface area contributed by atoms with Crippen molar-refractivity contribution in [3.63, 3.8) is 0 Å². The Hall–Kier alpha value is -1.03. The number of amides is 1. The molecule has 0 radical (unpaired) electrons. The van der Waals surface area contributed by atoms with Gasteiger partial charge in [-0.2, -0.15) is 0 Å². The minimum Gasteiger partial charge on any atom is -0.346 e. The molecule has 1 atom stereocenters. The Morgan fingerprint density at radius 3 is 2.40 bits per heavy atom. The summed E-state index contributed by atoms with van der Waals surface area (Å²) in [5.74, 6) is -0.148. The number of hydrogen-bond acceptors (Lipinski definition) is 1. The summed E-state index contributed by atoms with van der Waals surface area (Å²) in [6, 6.07) is 12.4. The van der Waals surface area contributed by atoms with Crippen molar-refractivity contribution in [3.8, 4) is 0 Å². The molecule has 2 nitrogen and oxygen atoms in total. The van der Waals surface area contributed by atoms with Crippen molar-refractivity contribution in [1.82, 2.24) is 5.32 Å². The molecule has 0 fully saturated rings. The average Bonchev–Trinajstić information content (AvgIpc) is 2.42. The van der Waals surface area contributed by atoms with Crippen LogP contribution >= 0.6 is 39.1 Å². The second-order valence-corrected chi connectivity index (χ2v) is 6.07. The van der Waals surface area contributed by atoms with Crippen molar-refractivity contribution in [2.45, 2.75) is 13.0 Å². The zero-order chi connectivity index (χ0) is 14.7. The summed E-state index contributed by atoms with van der Waals surface area (Å²) in [4.78, 5) is 12.2. The van der Waals surface area contributed by atoms with E-state index in [1.165, 1.54) is 0 Å². The highest BCUT2D eigenvalue weighted by Gasteiger charge is 2.12. The van der Waals surface area contributed by atoms with Gasteiger partial charge in [-0.15, -0.1) is 0 Å². The predicted octanol–water partition coefficient (Wildman–Crippen LogP) is 5.25. The summed E-state index contributed by atoms with van der Waals surface area (Å²) in [7, 11) is 0. The molecule has 0 aliphatic carbocycles. The van der Waals surface area contributed by atoms with E-state index in [1.807, 2.05) is 19.1 Å². The van der Waals surface area contributed by atoms with Gasteiger partial charge in [-0.25, -0.2) is 0 Å². The first-order chi connectivity index (χ1) is 9.47. The fourth-order valence-electron chi connectivity index (χ4n) is 1.75. The summed E-state index contributed by atoms with van der Waals surface area (Å²) in [5.41, 5.74) is 1.55. The summed E-state index contributed by atoms with van der Waals surface area (Å²) in [5, 5.41) is 4.18. The van der Waals surface area contributed by atoms with Gasteiger partial charge in [0.1, 0.15) is 0 Å². The molecule has 1 N–H and O–H groups in total. The smallest absolute Gasteiger partial charge is 0.251 e. The van der Waals surface area contributed by atoms with Crippen LogP contribution in [0.1, 0.15) is 28.9 Å². The Labute approximate surface area is 136 Å². The molecule has 5 heteroatoms. The van der Waals surface area contributed by atoms with Crippen LogP contribution in [-0.4, -0.2) is 5.91 Å². The van der Waals surface area contributed by atoms with Crippen LogP contribution in [0.2, 0.25) is 10.0 Å². The number of benzene rings is 2. The monoisotopic (exact) mass is 371 g/mol. The highest BCUT2D eigenvalue weighted by atomic mass is 79.9. The number of hydrogen-bond donors (Lipinski definition) is 1. The molecule has 0 spiro atoms. The van der Waals surface area contributed by atoms with Crippen molar-refractivity contribution >= 4 is 45.0 Å². The van der Waals surface area contributed by atoms with Crippen molar-refractivity contribution < 1.29 is 4.79 Å². The molecule has 104 valence electrons. The molecule has 0 bridgehead atoms. The third-order valence-corrected chi connectivity index (χ3v) is 4.37. The summed E-state index contributed by atoms with van der Waals surface area (Å²) in [6.07, 6.45) is 0. The normalized spacial score (nSPS) is 12.0. The second-order valence-electron chi connectivity index (χ2n) is 4.38. The fourth-order valence-corrected chi connectivity index (χ4v) is 2.37. The second kappa shape index (κ2) is 6.61. The van der Waals surface area contributed by atoms with Crippen LogP contribution < -0.4 is 5.32 Å². The number of halogens is 3. The van der Waals surface area contributed by atoms with E-state index in [4.69, 9.17) is 23.2 Å². The van der Waals surface area contributed by atoms with Crippen LogP contribution in [-0.2, 0) is 0 Å². The molecular weight excluding hydrogens is 361 g/mol. The van der Waals surface area contributed by atoms with Gasteiger partial charge < -0.3 is 5.32 Å². The molecule has 0 heterocycles. The quantitative estimate of drug-likeness (QED) is 0.783. The van der Waals surface area contributed by atoms with Crippen LogP contribution in [0, 0.1) is 0 Å². The van der Waals surface area contributed by atoms with Crippen LogP contribution in [0.3, 0.4) is 0 Å². The lowest BCUT2D eigenvalue weighted by Gasteiger charge is -2.14. The summed E-state index contributed by atoms with van der Waals surface area (Å²) in [6.45, 7) is 1.92. The van der Waals surface area contributed by atoms with Crippen LogP contribution in [0.5, 0.6) is 0 Å². The van der Waals surface area contributed by atoms with Crippen molar-refractivity contribution in [1.29, 1.82) is 0 Å². The molecule has 0 saturated carbocycles. The third-order valence-electron chi connectivity index (χ3n) is 2.90. The number of carbonyl (C=O) groups is 1. The maximum atomic E-state index is 12.2. The molecule has 0 aliphatic rings. The molecule has 20 heavy (non-hydrogen) atoms. The lowest BCUT2D eigenvalue weighted by molar-refractivity contribution is 0.0940. The van der Waals surface area contributed by atoms with Gasteiger partial charge in [-0.1, -0.05) is 35.3 Å². The summed E-state index contributed by atoms with van der Waals surface area (Å²) >= 11 is 15.1. The van der Waals surface area contributed by atoms with Crippen LogP contribution in [0.15, 0.2) is 46.9 Å². The zero-order valence-corrected chi connectivity index (χ0v) is 13.8. The predicted molar refractivity (Wildman–Crippen MR) is 86.5 cm³/mol. The molecule has 2 rings (SSSR count). The highest BCUT2D eigenvalue weighted by Crippen LogP contribution is 2.23. The molecule has 1 amide bonds. The molecule has 0 saturated heterocycles. The van der Waals surface area contributed by atoms with E-state index >= 15 is 0 Å². The van der Waals surface area contributed by atoms with Gasteiger partial charge in [0, 0.05) is 15.1 Å². The standard InChI is InChI=1S/C15H12BrCl2NO/c1-9(10-2-5-12(17)6-3-10)19-15(20)11-4-7-14(18)13(16)8-11/h2-9H,1H3,(H,19,20). The minimum atomic E-state index is -0.148.